The standard InChI is InChI=1S/C11H22N2O2/c1-4-12(5-2)10-7-8-13(9-10)11(14)15-6-3/h10H,4-9H2,1-3H3. The topological polar surface area (TPSA) is 32.8 Å². The van der Waals surface area contributed by atoms with Gasteiger partial charge in [-0.2, -0.15) is 0 Å². The van der Waals surface area contributed by atoms with Gasteiger partial charge in [0, 0.05) is 19.1 Å². The van der Waals surface area contributed by atoms with Crippen LogP contribution < -0.4 is 0 Å². The molecule has 0 aromatic rings. The smallest absolute Gasteiger partial charge is 0.409 e. The molecule has 0 saturated carbocycles. The molecule has 0 aromatic heterocycles. The van der Waals surface area contributed by atoms with Crippen molar-refractivity contribution >= 4 is 6.09 Å². The summed E-state index contributed by atoms with van der Waals surface area (Å²) in [4.78, 5) is 15.7. The maximum atomic E-state index is 11.5. The molecule has 0 aromatic carbocycles. The molecular weight excluding hydrogens is 192 g/mol. The molecule has 15 heavy (non-hydrogen) atoms. The van der Waals surface area contributed by atoms with Gasteiger partial charge in [0.2, 0.25) is 0 Å². The Labute approximate surface area is 92.2 Å². The number of nitrogens with zero attached hydrogens (tertiary/aromatic N) is 2. The Hall–Kier alpha value is -0.770. The summed E-state index contributed by atoms with van der Waals surface area (Å²) in [5, 5.41) is 0. The van der Waals surface area contributed by atoms with E-state index in [0.29, 0.717) is 12.6 Å². The van der Waals surface area contributed by atoms with Crippen molar-refractivity contribution < 1.29 is 9.53 Å². The number of ether oxygens (including phenoxy) is 1. The lowest BCUT2D eigenvalue weighted by Crippen LogP contribution is -2.38. The minimum absolute atomic E-state index is 0.160. The molecule has 0 spiro atoms. The van der Waals surface area contributed by atoms with Gasteiger partial charge in [0.05, 0.1) is 6.61 Å². The van der Waals surface area contributed by atoms with Gasteiger partial charge in [-0.25, -0.2) is 4.79 Å². The Balaban J connectivity index is 2.41. The lowest BCUT2D eigenvalue weighted by molar-refractivity contribution is 0.111. The van der Waals surface area contributed by atoms with Gasteiger partial charge in [0.25, 0.3) is 0 Å². The fourth-order valence-corrected chi connectivity index (χ4v) is 2.16. The highest BCUT2D eigenvalue weighted by Gasteiger charge is 2.29. The van der Waals surface area contributed by atoms with Crippen molar-refractivity contribution in [2.75, 3.05) is 32.8 Å². The van der Waals surface area contributed by atoms with E-state index in [9.17, 15) is 4.79 Å². The first-order valence-corrected chi connectivity index (χ1v) is 5.88. The molecule has 1 atom stereocenters. The van der Waals surface area contributed by atoms with Gasteiger partial charge >= 0.3 is 6.09 Å². The van der Waals surface area contributed by atoms with E-state index in [1.807, 2.05) is 11.8 Å². The van der Waals surface area contributed by atoms with Crippen molar-refractivity contribution in [1.29, 1.82) is 0 Å². The molecule has 4 nitrogen and oxygen atoms in total. The molecule has 1 heterocycles. The van der Waals surface area contributed by atoms with Crippen LogP contribution in [0, 0.1) is 0 Å². The molecule has 1 amide bonds. The average Bonchev–Trinajstić information content (AvgIpc) is 2.69. The number of hydrogen-bond acceptors (Lipinski definition) is 3. The second-order valence-corrected chi connectivity index (χ2v) is 3.81. The molecule has 0 N–H and O–H groups in total. The molecule has 1 rings (SSSR count). The van der Waals surface area contributed by atoms with E-state index in [-0.39, 0.29) is 6.09 Å². The van der Waals surface area contributed by atoms with Gasteiger partial charge in [-0.15, -0.1) is 0 Å². The van der Waals surface area contributed by atoms with E-state index in [2.05, 4.69) is 18.7 Å². The van der Waals surface area contributed by atoms with Crippen LogP contribution in [-0.2, 0) is 4.74 Å². The van der Waals surface area contributed by atoms with Crippen LogP contribution in [0.5, 0.6) is 0 Å². The number of carbonyl (C=O) groups is 1. The number of likely N-dealkylation sites (tertiary alicyclic amines) is 1. The van der Waals surface area contributed by atoms with Crippen molar-refractivity contribution in [3.63, 3.8) is 0 Å². The molecule has 0 radical (unpaired) electrons. The van der Waals surface area contributed by atoms with Crippen LogP contribution in [0.1, 0.15) is 27.2 Å². The highest BCUT2D eigenvalue weighted by molar-refractivity contribution is 5.68. The van der Waals surface area contributed by atoms with Gasteiger partial charge in [0.15, 0.2) is 0 Å². The van der Waals surface area contributed by atoms with Gasteiger partial charge in [0.1, 0.15) is 0 Å². The maximum Gasteiger partial charge on any atom is 0.409 e. The summed E-state index contributed by atoms with van der Waals surface area (Å²) in [6.07, 6.45) is 0.910. The summed E-state index contributed by atoms with van der Waals surface area (Å²) in [6, 6.07) is 0.518. The Morgan fingerprint density at radius 1 is 1.40 bits per heavy atom. The van der Waals surface area contributed by atoms with Crippen LogP contribution in [-0.4, -0.2) is 54.7 Å². The first-order chi connectivity index (χ1) is 7.22. The Morgan fingerprint density at radius 2 is 2.07 bits per heavy atom. The normalized spacial score (nSPS) is 21.1. The van der Waals surface area contributed by atoms with Crippen molar-refractivity contribution in [1.82, 2.24) is 9.80 Å². The predicted octanol–water partition coefficient (Wildman–Crippen LogP) is 1.56. The van der Waals surface area contributed by atoms with Gasteiger partial charge in [-0.1, -0.05) is 13.8 Å². The van der Waals surface area contributed by atoms with Gasteiger partial charge < -0.3 is 9.64 Å². The molecule has 0 bridgehead atoms. The first kappa shape index (κ1) is 12.3. The molecule has 4 heteroatoms. The zero-order valence-electron chi connectivity index (χ0n) is 10.0. The number of hydrogen-bond donors (Lipinski definition) is 0. The largest absolute Gasteiger partial charge is 0.450 e. The van der Waals surface area contributed by atoms with E-state index in [0.717, 1.165) is 32.6 Å². The summed E-state index contributed by atoms with van der Waals surface area (Å²) in [6.45, 7) is 10.4. The monoisotopic (exact) mass is 214 g/mol. The first-order valence-electron chi connectivity index (χ1n) is 5.88. The lowest BCUT2D eigenvalue weighted by atomic mass is 10.2. The fraction of sp³-hybridized carbons (Fsp3) is 0.909. The zero-order chi connectivity index (χ0) is 11.3. The van der Waals surface area contributed by atoms with Crippen LogP contribution in [0.3, 0.4) is 0 Å². The molecule has 1 saturated heterocycles. The van der Waals surface area contributed by atoms with Crippen molar-refractivity contribution in [3.8, 4) is 0 Å². The fourth-order valence-electron chi connectivity index (χ4n) is 2.16. The third-order valence-electron chi connectivity index (χ3n) is 3.02. The molecule has 1 unspecified atom stereocenters. The molecular formula is C11H22N2O2. The SMILES string of the molecule is CCOC(=O)N1CCC(N(CC)CC)C1. The van der Waals surface area contributed by atoms with E-state index < -0.39 is 0 Å². The summed E-state index contributed by atoms with van der Waals surface area (Å²) in [7, 11) is 0. The minimum Gasteiger partial charge on any atom is -0.450 e. The predicted molar refractivity (Wildman–Crippen MR) is 59.9 cm³/mol. The number of amides is 1. The van der Waals surface area contributed by atoms with Crippen molar-refractivity contribution in [3.05, 3.63) is 0 Å². The second kappa shape index (κ2) is 5.95. The Bertz CT molecular complexity index is 205. The Morgan fingerprint density at radius 3 is 2.60 bits per heavy atom. The molecule has 1 aliphatic heterocycles. The van der Waals surface area contributed by atoms with Crippen LogP contribution >= 0.6 is 0 Å². The highest BCUT2D eigenvalue weighted by Crippen LogP contribution is 2.16. The number of likely N-dealkylation sites (N-methyl/N-ethyl adjacent to an activating group) is 1. The number of carbonyl (C=O) groups excluding carboxylic acids is 1. The molecule has 1 fully saturated rings. The molecule has 1 aliphatic rings. The number of rotatable bonds is 4. The van der Waals surface area contributed by atoms with Gasteiger partial charge in [-0.05, 0) is 26.4 Å². The molecule has 88 valence electrons. The zero-order valence-corrected chi connectivity index (χ0v) is 10.0. The quantitative estimate of drug-likeness (QED) is 0.712. The van der Waals surface area contributed by atoms with Gasteiger partial charge in [-0.3, -0.25) is 4.90 Å². The lowest BCUT2D eigenvalue weighted by Gasteiger charge is -2.25. The summed E-state index contributed by atoms with van der Waals surface area (Å²) in [5.74, 6) is 0. The van der Waals surface area contributed by atoms with Crippen LogP contribution in [0.4, 0.5) is 4.79 Å². The van der Waals surface area contributed by atoms with Crippen LogP contribution in [0.15, 0.2) is 0 Å². The summed E-state index contributed by atoms with van der Waals surface area (Å²) >= 11 is 0. The van der Waals surface area contributed by atoms with E-state index in [1.54, 1.807) is 0 Å². The van der Waals surface area contributed by atoms with Crippen molar-refractivity contribution in [2.45, 2.75) is 33.2 Å². The van der Waals surface area contributed by atoms with E-state index in [1.165, 1.54) is 0 Å². The van der Waals surface area contributed by atoms with Crippen LogP contribution in [0.25, 0.3) is 0 Å². The van der Waals surface area contributed by atoms with Crippen molar-refractivity contribution in [2.24, 2.45) is 0 Å². The van der Waals surface area contributed by atoms with E-state index >= 15 is 0 Å². The third-order valence-corrected chi connectivity index (χ3v) is 3.02. The maximum absolute atomic E-state index is 11.5. The third kappa shape index (κ3) is 3.09. The summed E-state index contributed by atoms with van der Waals surface area (Å²) < 4.78 is 4.99. The Kier molecular flexibility index (Phi) is 4.88. The average molecular weight is 214 g/mol. The minimum atomic E-state index is -0.160. The molecule has 0 aliphatic carbocycles. The highest BCUT2D eigenvalue weighted by atomic mass is 16.6. The summed E-state index contributed by atoms with van der Waals surface area (Å²) in [5.41, 5.74) is 0. The van der Waals surface area contributed by atoms with Crippen LogP contribution in [0.2, 0.25) is 0 Å². The second-order valence-electron chi connectivity index (χ2n) is 3.81. The van der Waals surface area contributed by atoms with E-state index in [4.69, 9.17) is 4.74 Å².